The summed E-state index contributed by atoms with van der Waals surface area (Å²) in [7, 11) is 0. The third-order valence-electron chi connectivity index (χ3n) is 3.78. The van der Waals surface area contributed by atoms with Gasteiger partial charge >= 0.3 is 6.09 Å². The predicted molar refractivity (Wildman–Crippen MR) is 113 cm³/mol. The highest BCUT2D eigenvalue weighted by atomic mass is 16.6. The van der Waals surface area contributed by atoms with Gasteiger partial charge in [-0.2, -0.15) is 0 Å². The largest absolute Gasteiger partial charge is 0.454 e. The van der Waals surface area contributed by atoms with Crippen LogP contribution < -0.4 is 21.7 Å². The fourth-order valence-electron chi connectivity index (χ4n) is 2.46. The second kappa shape index (κ2) is 12.0. The van der Waals surface area contributed by atoms with Gasteiger partial charge in [-0.15, -0.1) is 0 Å². The number of hydrogen-bond donors (Lipinski definition) is 4. The number of guanidine groups is 1. The van der Waals surface area contributed by atoms with Crippen molar-refractivity contribution in [1.82, 2.24) is 16.0 Å². The zero-order valence-electron chi connectivity index (χ0n) is 18.1. The molecule has 1 aromatic heterocycles. The molecule has 29 heavy (non-hydrogen) atoms. The molecule has 0 fully saturated rings. The van der Waals surface area contributed by atoms with Gasteiger partial charge < -0.3 is 30.8 Å². The second-order valence-corrected chi connectivity index (χ2v) is 7.69. The van der Waals surface area contributed by atoms with E-state index >= 15 is 0 Å². The molecule has 164 valence electrons. The van der Waals surface area contributed by atoms with Gasteiger partial charge in [0, 0.05) is 19.1 Å². The topological polar surface area (TPSA) is 131 Å². The molecular weight excluding hydrogens is 374 g/mol. The normalized spacial score (nSPS) is 12.9. The monoisotopic (exact) mass is 409 g/mol. The first-order valence-electron chi connectivity index (χ1n) is 10.0. The van der Waals surface area contributed by atoms with Crippen LogP contribution in [0.25, 0.3) is 0 Å². The maximum Gasteiger partial charge on any atom is 0.407 e. The van der Waals surface area contributed by atoms with Gasteiger partial charge in [-0.05, 0) is 46.2 Å². The minimum absolute atomic E-state index is 0.0157. The number of carbonyl (C=O) groups excluding carboxylic acids is 2. The van der Waals surface area contributed by atoms with Crippen LogP contribution in [0.4, 0.5) is 4.79 Å². The van der Waals surface area contributed by atoms with E-state index in [1.165, 1.54) is 6.07 Å². The first-order chi connectivity index (χ1) is 13.6. The van der Waals surface area contributed by atoms with Crippen molar-refractivity contribution in [2.45, 2.75) is 72.1 Å². The van der Waals surface area contributed by atoms with Gasteiger partial charge in [-0.25, -0.2) is 9.79 Å². The van der Waals surface area contributed by atoms with E-state index in [0.29, 0.717) is 24.8 Å². The molecule has 0 saturated heterocycles. The standard InChI is InChI=1S/C20H35N5O4/c1-6-8-9-14(12-24-19(27)29-20(3,4)5)25-18(22-7-2)23-13-15-10-11-16(28-15)17(21)26/h10-11,14H,6-9,12-13H2,1-5H3,(H2,21,26)(H,24,27)(H2,22,23,25). The molecule has 0 bridgehead atoms. The second-order valence-electron chi connectivity index (χ2n) is 7.69. The van der Waals surface area contributed by atoms with Crippen LogP contribution in [0.3, 0.4) is 0 Å². The summed E-state index contributed by atoms with van der Waals surface area (Å²) < 4.78 is 10.7. The van der Waals surface area contributed by atoms with Gasteiger partial charge in [0.15, 0.2) is 11.7 Å². The van der Waals surface area contributed by atoms with Crippen molar-refractivity contribution < 1.29 is 18.7 Å². The van der Waals surface area contributed by atoms with Crippen LogP contribution in [-0.2, 0) is 11.3 Å². The highest BCUT2D eigenvalue weighted by Gasteiger charge is 2.18. The Morgan fingerprint density at radius 1 is 1.24 bits per heavy atom. The number of amides is 2. The average molecular weight is 410 g/mol. The molecule has 0 spiro atoms. The van der Waals surface area contributed by atoms with Crippen molar-refractivity contribution in [2.75, 3.05) is 13.1 Å². The zero-order chi connectivity index (χ0) is 21.9. The molecule has 9 nitrogen and oxygen atoms in total. The molecule has 0 radical (unpaired) electrons. The smallest absolute Gasteiger partial charge is 0.407 e. The summed E-state index contributed by atoms with van der Waals surface area (Å²) in [5, 5.41) is 9.33. The van der Waals surface area contributed by atoms with E-state index < -0.39 is 17.6 Å². The molecule has 1 atom stereocenters. The van der Waals surface area contributed by atoms with E-state index in [4.69, 9.17) is 14.9 Å². The molecule has 2 amide bonds. The van der Waals surface area contributed by atoms with Crippen LogP contribution >= 0.6 is 0 Å². The maximum atomic E-state index is 12.0. The highest BCUT2D eigenvalue weighted by molar-refractivity contribution is 5.89. The van der Waals surface area contributed by atoms with Gasteiger partial charge in [0.2, 0.25) is 0 Å². The number of nitrogens with zero attached hydrogens (tertiary/aromatic N) is 1. The predicted octanol–water partition coefficient (Wildman–Crippen LogP) is 2.52. The minimum atomic E-state index is -0.613. The molecule has 5 N–H and O–H groups in total. The molecular formula is C20H35N5O4. The summed E-state index contributed by atoms with van der Waals surface area (Å²) >= 11 is 0. The number of aliphatic imine (C=N–C) groups is 1. The van der Waals surface area contributed by atoms with Crippen molar-refractivity contribution in [3.05, 3.63) is 23.7 Å². The lowest BCUT2D eigenvalue weighted by atomic mass is 10.1. The average Bonchev–Trinajstić information content (AvgIpc) is 3.10. The van der Waals surface area contributed by atoms with Gasteiger partial charge in [0.25, 0.3) is 5.91 Å². The van der Waals surface area contributed by atoms with Crippen LogP contribution in [0, 0.1) is 0 Å². The lowest BCUT2D eigenvalue weighted by Gasteiger charge is -2.24. The fourth-order valence-corrected chi connectivity index (χ4v) is 2.46. The van der Waals surface area contributed by atoms with Crippen molar-refractivity contribution in [3.63, 3.8) is 0 Å². The van der Waals surface area contributed by atoms with Gasteiger partial charge in [0.1, 0.15) is 17.9 Å². The Balaban J connectivity index is 2.73. The summed E-state index contributed by atoms with van der Waals surface area (Å²) in [6.07, 6.45) is 2.47. The molecule has 1 heterocycles. The summed E-state index contributed by atoms with van der Waals surface area (Å²) in [6, 6.07) is 3.19. The molecule has 1 aromatic rings. The number of unbranched alkanes of at least 4 members (excludes halogenated alkanes) is 1. The molecule has 1 rings (SSSR count). The Labute approximate surface area is 172 Å². The van der Waals surface area contributed by atoms with E-state index in [2.05, 4.69) is 27.9 Å². The number of nitrogens with two attached hydrogens (primary N) is 1. The van der Waals surface area contributed by atoms with E-state index in [0.717, 1.165) is 19.3 Å². The van der Waals surface area contributed by atoms with Gasteiger partial charge in [-0.3, -0.25) is 4.79 Å². The molecule has 0 aliphatic carbocycles. The number of furan rings is 1. The Kier molecular flexibility index (Phi) is 10.1. The number of alkyl carbamates (subject to hydrolysis) is 1. The van der Waals surface area contributed by atoms with Crippen molar-refractivity contribution in [2.24, 2.45) is 10.7 Å². The number of primary amides is 1. The summed E-state index contributed by atoms with van der Waals surface area (Å²) in [5.41, 5.74) is 4.66. The Hall–Kier alpha value is -2.71. The number of rotatable bonds is 10. The van der Waals surface area contributed by atoms with E-state index in [9.17, 15) is 9.59 Å². The van der Waals surface area contributed by atoms with Gasteiger partial charge in [-0.1, -0.05) is 19.8 Å². The molecule has 0 aliphatic heterocycles. The Morgan fingerprint density at radius 3 is 2.52 bits per heavy atom. The quantitative estimate of drug-likeness (QED) is 0.347. The van der Waals surface area contributed by atoms with Crippen LogP contribution in [0.1, 0.15) is 70.2 Å². The SMILES string of the molecule is CCCCC(CNC(=O)OC(C)(C)C)NC(=NCc1ccc(C(N)=O)o1)NCC. The lowest BCUT2D eigenvalue weighted by molar-refractivity contribution is 0.0522. The third kappa shape index (κ3) is 10.4. The van der Waals surface area contributed by atoms with Crippen molar-refractivity contribution in [1.29, 1.82) is 0 Å². The number of hydrogen-bond acceptors (Lipinski definition) is 5. The number of ether oxygens (including phenoxy) is 1. The maximum absolute atomic E-state index is 12.0. The van der Waals surface area contributed by atoms with Crippen LogP contribution in [-0.4, -0.2) is 42.7 Å². The van der Waals surface area contributed by atoms with Gasteiger partial charge in [0.05, 0.1) is 0 Å². The highest BCUT2D eigenvalue weighted by Crippen LogP contribution is 2.09. The molecule has 1 unspecified atom stereocenters. The van der Waals surface area contributed by atoms with Crippen LogP contribution in [0.2, 0.25) is 0 Å². The number of carbonyl (C=O) groups is 2. The van der Waals surface area contributed by atoms with Crippen molar-refractivity contribution in [3.8, 4) is 0 Å². The van der Waals surface area contributed by atoms with Crippen molar-refractivity contribution >= 4 is 18.0 Å². The van der Waals surface area contributed by atoms with E-state index in [-0.39, 0.29) is 18.3 Å². The first kappa shape index (κ1) is 24.3. The Morgan fingerprint density at radius 2 is 1.97 bits per heavy atom. The van der Waals surface area contributed by atoms with E-state index in [1.807, 2.05) is 27.7 Å². The fraction of sp³-hybridized carbons (Fsp3) is 0.650. The summed E-state index contributed by atoms with van der Waals surface area (Å²) in [5.74, 6) is 0.623. The van der Waals surface area contributed by atoms with Crippen LogP contribution in [0.15, 0.2) is 21.5 Å². The van der Waals surface area contributed by atoms with E-state index in [1.54, 1.807) is 6.07 Å². The zero-order valence-corrected chi connectivity index (χ0v) is 18.1. The van der Waals surface area contributed by atoms with Crippen LogP contribution in [0.5, 0.6) is 0 Å². The molecule has 0 aliphatic rings. The lowest BCUT2D eigenvalue weighted by Crippen LogP contribution is -2.49. The number of nitrogens with one attached hydrogen (secondary N) is 3. The first-order valence-corrected chi connectivity index (χ1v) is 10.0. The molecule has 0 aromatic carbocycles. The minimum Gasteiger partial charge on any atom is -0.454 e. The Bertz CT molecular complexity index is 679. The molecule has 9 heteroatoms. The summed E-state index contributed by atoms with van der Waals surface area (Å²) in [6.45, 7) is 10.9. The third-order valence-corrected chi connectivity index (χ3v) is 3.78. The summed E-state index contributed by atoms with van der Waals surface area (Å²) in [4.78, 5) is 27.6. The molecule has 0 saturated carbocycles.